The number of para-hydroxylation sites is 1. The molecule has 0 bridgehead atoms. The number of thiocarbonyl (C=S) groups is 1. The first-order valence-corrected chi connectivity index (χ1v) is 6.49. The van der Waals surface area contributed by atoms with Crippen LogP contribution in [0.15, 0.2) is 30.5 Å². The lowest BCUT2D eigenvalue weighted by Gasteiger charge is -2.23. The lowest BCUT2D eigenvalue weighted by Crippen LogP contribution is -2.24. The van der Waals surface area contributed by atoms with Crippen LogP contribution in [0.3, 0.4) is 0 Å². The van der Waals surface area contributed by atoms with Gasteiger partial charge >= 0.3 is 0 Å². The number of aromatic nitrogens is 1. The first kappa shape index (κ1) is 11.4. The summed E-state index contributed by atoms with van der Waals surface area (Å²) in [5.41, 5.74) is 8.81. The lowest BCUT2D eigenvalue weighted by molar-refractivity contribution is 0.919. The van der Waals surface area contributed by atoms with E-state index >= 15 is 0 Å². The number of benzene rings is 1. The predicted molar refractivity (Wildman–Crippen MR) is 79.1 cm³/mol. The predicted octanol–water partition coefficient (Wildman–Crippen LogP) is 2.47. The highest BCUT2D eigenvalue weighted by Gasteiger charge is 2.29. The van der Waals surface area contributed by atoms with Crippen molar-refractivity contribution in [3.63, 3.8) is 0 Å². The first-order valence-electron chi connectivity index (χ1n) is 6.09. The maximum atomic E-state index is 5.83. The summed E-state index contributed by atoms with van der Waals surface area (Å²) in [5, 5.41) is 1.12. The molecule has 1 fully saturated rings. The number of nitrogens with zero attached hydrogens (tertiary/aromatic N) is 2. The minimum atomic E-state index is 0.413. The summed E-state index contributed by atoms with van der Waals surface area (Å²) in [5.74, 6) is 0. The molecule has 0 spiro atoms. The molecule has 1 aromatic carbocycles. The molecule has 2 N–H and O–H groups in total. The van der Waals surface area contributed by atoms with Crippen LogP contribution in [-0.4, -0.2) is 23.1 Å². The summed E-state index contributed by atoms with van der Waals surface area (Å²) < 4.78 is 0. The highest BCUT2D eigenvalue weighted by molar-refractivity contribution is 7.80. The van der Waals surface area contributed by atoms with Crippen LogP contribution in [0.5, 0.6) is 0 Å². The molecular weight excluding hydrogens is 242 g/mol. The van der Waals surface area contributed by atoms with Gasteiger partial charge in [-0.3, -0.25) is 4.98 Å². The quantitative estimate of drug-likeness (QED) is 0.858. The second-order valence-corrected chi connectivity index (χ2v) is 5.18. The van der Waals surface area contributed by atoms with Crippen molar-refractivity contribution in [2.45, 2.75) is 18.9 Å². The number of anilines is 1. The van der Waals surface area contributed by atoms with Gasteiger partial charge in [0.05, 0.1) is 16.8 Å². The van der Waals surface area contributed by atoms with Crippen LogP contribution in [0.25, 0.3) is 10.9 Å². The average molecular weight is 257 g/mol. The van der Waals surface area contributed by atoms with E-state index in [0.717, 1.165) is 22.2 Å². The third-order valence-corrected chi connectivity index (χ3v) is 3.68. The number of hydrogen-bond donors (Lipinski definition) is 1. The smallest absolute Gasteiger partial charge is 0.107 e. The Balaban J connectivity index is 2.27. The molecule has 3 nitrogen and oxygen atoms in total. The molecule has 3 rings (SSSR count). The van der Waals surface area contributed by atoms with Gasteiger partial charge in [0, 0.05) is 24.7 Å². The molecule has 1 saturated carbocycles. The molecule has 0 amide bonds. The third kappa shape index (κ3) is 1.82. The van der Waals surface area contributed by atoms with Crippen LogP contribution in [-0.2, 0) is 0 Å². The molecular formula is C14H15N3S. The molecule has 1 aliphatic carbocycles. The molecule has 4 heteroatoms. The molecule has 0 saturated heterocycles. The van der Waals surface area contributed by atoms with Gasteiger partial charge in [-0.05, 0) is 18.9 Å². The third-order valence-electron chi connectivity index (χ3n) is 3.46. The summed E-state index contributed by atoms with van der Waals surface area (Å²) in [4.78, 5) is 7.13. The first-order chi connectivity index (χ1) is 8.68. The minimum absolute atomic E-state index is 0.413. The van der Waals surface area contributed by atoms with Crippen LogP contribution in [0.4, 0.5) is 5.69 Å². The number of nitrogens with two attached hydrogens (primary N) is 1. The number of hydrogen-bond acceptors (Lipinski definition) is 3. The zero-order chi connectivity index (χ0) is 12.7. The van der Waals surface area contributed by atoms with E-state index < -0.39 is 0 Å². The topological polar surface area (TPSA) is 42.1 Å². The van der Waals surface area contributed by atoms with E-state index in [9.17, 15) is 0 Å². The second kappa shape index (κ2) is 4.21. The van der Waals surface area contributed by atoms with Gasteiger partial charge in [0.15, 0.2) is 0 Å². The molecule has 1 aliphatic rings. The fourth-order valence-electron chi connectivity index (χ4n) is 2.33. The summed E-state index contributed by atoms with van der Waals surface area (Å²) in [6, 6.07) is 8.74. The maximum absolute atomic E-state index is 5.83. The minimum Gasteiger partial charge on any atom is -0.389 e. The monoisotopic (exact) mass is 257 g/mol. The Bertz CT molecular complexity index is 619. The van der Waals surface area contributed by atoms with Crippen molar-refractivity contribution < 1.29 is 0 Å². The van der Waals surface area contributed by atoms with E-state index in [1.165, 1.54) is 12.8 Å². The Morgan fingerprint density at radius 3 is 2.78 bits per heavy atom. The SMILES string of the molecule is CN(c1c(C(N)=S)cnc2ccccc12)C1CC1. The van der Waals surface area contributed by atoms with Gasteiger partial charge in [-0.25, -0.2) is 0 Å². The number of rotatable bonds is 3. The normalized spacial score (nSPS) is 14.7. The summed E-state index contributed by atoms with van der Waals surface area (Å²) in [7, 11) is 2.11. The highest BCUT2D eigenvalue weighted by Crippen LogP contribution is 2.36. The van der Waals surface area contributed by atoms with Gasteiger partial charge < -0.3 is 10.6 Å². The van der Waals surface area contributed by atoms with Crippen molar-refractivity contribution >= 4 is 33.8 Å². The zero-order valence-electron chi connectivity index (χ0n) is 10.3. The van der Waals surface area contributed by atoms with E-state index in [1.54, 1.807) is 6.20 Å². The summed E-state index contributed by atoms with van der Waals surface area (Å²) in [6.45, 7) is 0. The molecule has 2 aromatic rings. The zero-order valence-corrected chi connectivity index (χ0v) is 11.1. The van der Waals surface area contributed by atoms with Crippen molar-refractivity contribution in [1.29, 1.82) is 0 Å². The van der Waals surface area contributed by atoms with Crippen LogP contribution < -0.4 is 10.6 Å². The maximum Gasteiger partial charge on any atom is 0.107 e. The van der Waals surface area contributed by atoms with Gasteiger partial charge in [0.1, 0.15) is 4.99 Å². The van der Waals surface area contributed by atoms with Crippen LogP contribution in [0.2, 0.25) is 0 Å². The molecule has 18 heavy (non-hydrogen) atoms. The lowest BCUT2D eigenvalue weighted by atomic mass is 10.1. The highest BCUT2D eigenvalue weighted by atomic mass is 32.1. The Morgan fingerprint density at radius 1 is 1.39 bits per heavy atom. The van der Waals surface area contributed by atoms with E-state index in [1.807, 2.05) is 18.2 Å². The van der Waals surface area contributed by atoms with Gasteiger partial charge in [-0.15, -0.1) is 0 Å². The fourth-order valence-corrected chi connectivity index (χ4v) is 2.48. The molecule has 1 aromatic heterocycles. The van der Waals surface area contributed by atoms with Crippen LogP contribution in [0.1, 0.15) is 18.4 Å². The molecule has 0 aliphatic heterocycles. The number of fused-ring (bicyclic) bond motifs is 1. The molecule has 0 radical (unpaired) electrons. The van der Waals surface area contributed by atoms with Crippen LogP contribution in [0, 0.1) is 0 Å². The van der Waals surface area contributed by atoms with Crippen molar-refractivity contribution in [1.82, 2.24) is 4.98 Å². The van der Waals surface area contributed by atoms with E-state index in [4.69, 9.17) is 18.0 Å². The molecule has 0 unspecified atom stereocenters. The fraction of sp³-hybridized carbons (Fsp3) is 0.286. The van der Waals surface area contributed by atoms with Crippen molar-refractivity contribution in [3.05, 3.63) is 36.0 Å². The van der Waals surface area contributed by atoms with Gasteiger partial charge in [-0.2, -0.15) is 0 Å². The summed E-state index contributed by atoms with van der Waals surface area (Å²) >= 11 is 5.15. The van der Waals surface area contributed by atoms with Crippen molar-refractivity contribution in [2.24, 2.45) is 5.73 Å². The molecule has 1 heterocycles. The van der Waals surface area contributed by atoms with Crippen LogP contribution >= 0.6 is 12.2 Å². The largest absolute Gasteiger partial charge is 0.389 e. The van der Waals surface area contributed by atoms with Gasteiger partial charge in [0.2, 0.25) is 0 Å². The van der Waals surface area contributed by atoms with E-state index in [-0.39, 0.29) is 0 Å². The second-order valence-electron chi connectivity index (χ2n) is 4.74. The number of pyridine rings is 1. The molecule has 92 valence electrons. The Labute approximate surface area is 112 Å². The summed E-state index contributed by atoms with van der Waals surface area (Å²) in [6.07, 6.45) is 4.27. The van der Waals surface area contributed by atoms with Crippen molar-refractivity contribution in [3.8, 4) is 0 Å². The average Bonchev–Trinajstić information content (AvgIpc) is 3.20. The van der Waals surface area contributed by atoms with Gasteiger partial charge in [0.25, 0.3) is 0 Å². The molecule has 0 atom stereocenters. The standard InChI is InChI=1S/C14H15N3S/c1-17(9-6-7-9)13-10-4-2-3-5-12(10)16-8-11(13)14(15)18/h2-5,8-9H,6-7H2,1H3,(H2,15,18). The Hall–Kier alpha value is -1.68. The van der Waals surface area contributed by atoms with Gasteiger partial charge in [-0.1, -0.05) is 30.4 Å². The van der Waals surface area contributed by atoms with Crippen molar-refractivity contribution in [2.75, 3.05) is 11.9 Å². The van der Waals surface area contributed by atoms with E-state index in [0.29, 0.717) is 11.0 Å². The van der Waals surface area contributed by atoms with E-state index in [2.05, 4.69) is 23.0 Å². The Morgan fingerprint density at radius 2 is 2.11 bits per heavy atom. The Kier molecular flexibility index (Phi) is 2.67.